The first kappa shape index (κ1) is 26.5. The topological polar surface area (TPSA) is 121 Å². The number of aliphatic carboxylic acids is 1. The summed E-state index contributed by atoms with van der Waals surface area (Å²) in [4.78, 5) is 50.9. The summed E-state index contributed by atoms with van der Waals surface area (Å²) in [5, 5.41) is 20.9. The number of allylic oxidation sites excluding steroid dienone is 3. The average Bonchev–Trinajstić information content (AvgIpc) is 3.49. The minimum atomic E-state index is -1.02. The van der Waals surface area contributed by atoms with E-state index in [1.807, 2.05) is 27.7 Å². The van der Waals surface area contributed by atoms with Gasteiger partial charge in [0.1, 0.15) is 11.4 Å². The van der Waals surface area contributed by atoms with Gasteiger partial charge in [-0.05, 0) is 61.2 Å². The van der Waals surface area contributed by atoms with Crippen LogP contribution in [0.25, 0.3) is 0 Å². The highest BCUT2D eigenvalue weighted by Crippen LogP contribution is 2.79. The maximum absolute atomic E-state index is 14.2. The molecule has 5 aliphatic rings. The molecule has 4 aliphatic carbocycles. The second-order valence-electron chi connectivity index (χ2n) is 13.6. The monoisotopic (exact) mass is 512 g/mol. The summed E-state index contributed by atoms with van der Waals surface area (Å²) >= 11 is 0. The zero-order valence-corrected chi connectivity index (χ0v) is 23.0. The number of hydrogen-bond acceptors (Lipinski definition) is 6. The SMILES string of the molecule is C/C(=C/C(=O)CC(C)C(=O)O)[C@H]1C[C@H](O)[C@]2(C)[C@]1(C)C(=O)C=C1[C@@]3(C)CCC(=O)C(C)(C)[C@@H]3C[C@H]3O[C@@]132. The average molecular weight is 513 g/mol. The van der Waals surface area contributed by atoms with E-state index in [2.05, 4.69) is 6.92 Å². The van der Waals surface area contributed by atoms with E-state index in [1.165, 1.54) is 13.0 Å². The van der Waals surface area contributed by atoms with Crippen molar-refractivity contribution >= 4 is 23.3 Å². The Morgan fingerprint density at radius 1 is 1.16 bits per heavy atom. The van der Waals surface area contributed by atoms with Crippen molar-refractivity contribution in [3.05, 3.63) is 23.3 Å². The number of hydrogen-bond donors (Lipinski definition) is 2. The predicted octanol–water partition coefficient (Wildman–Crippen LogP) is 4.07. The van der Waals surface area contributed by atoms with Gasteiger partial charge in [0.25, 0.3) is 0 Å². The second kappa shape index (κ2) is 7.72. The Hall–Kier alpha value is -2.12. The maximum Gasteiger partial charge on any atom is 0.306 e. The molecule has 37 heavy (non-hydrogen) atoms. The highest BCUT2D eigenvalue weighted by atomic mass is 16.6. The molecule has 1 aliphatic heterocycles. The second-order valence-corrected chi connectivity index (χ2v) is 13.6. The van der Waals surface area contributed by atoms with Crippen LogP contribution in [-0.4, -0.2) is 51.3 Å². The lowest BCUT2D eigenvalue weighted by Crippen LogP contribution is -2.65. The summed E-state index contributed by atoms with van der Waals surface area (Å²) in [6, 6.07) is 0. The van der Waals surface area contributed by atoms with Crippen LogP contribution in [0.15, 0.2) is 23.3 Å². The molecule has 1 unspecified atom stereocenters. The minimum absolute atomic E-state index is 0.0544. The van der Waals surface area contributed by atoms with Crippen molar-refractivity contribution < 1.29 is 34.1 Å². The van der Waals surface area contributed by atoms with Crippen molar-refractivity contribution in [2.75, 3.05) is 0 Å². The van der Waals surface area contributed by atoms with Gasteiger partial charge in [-0.2, -0.15) is 0 Å². The fraction of sp³-hybridized carbons (Fsp3) is 0.733. The number of rotatable bonds is 5. The quantitative estimate of drug-likeness (QED) is 0.421. The van der Waals surface area contributed by atoms with Crippen LogP contribution < -0.4 is 0 Å². The van der Waals surface area contributed by atoms with Crippen LogP contribution in [-0.2, 0) is 23.9 Å². The first-order chi connectivity index (χ1) is 17.0. The van der Waals surface area contributed by atoms with Gasteiger partial charge in [-0.15, -0.1) is 0 Å². The van der Waals surface area contributed by atoms with Gasteiger partial charge >= 0.3 is 5.97 Å². The maximum atomic E-state index is 14.2. The molecule has 1 spiro atoms. The van der Waals surface area contributed by atoms with E-state index in [9.17, 15) is 29.4 Å². The molecule has 0 aromatic rings. The van der Waals surface area contributed by atoms with E-state index >= 15 is 0 Å². The summed E-state index contributed by atoms with van der Waals surface area (Å²) in [5.41, 5.74) is -1.92. The number of Topliss-reactive ketones (excluding diaryl/α,β-unsaturated/α-hetero) is 1. The first-order valence-corrected chi connectivity index (χ1v) is 13.6. The number of aliphatic hydroxyl groups is 1. The number of ketones is 3. The third-order valence-electron chi connectivity index (χ3n) is 11.7. The Labute approximate surface area is 218 Å². The Morgan fingerprint density at radius 3 is 2.43 bits per heavy atom. The summed E-state index contributed by atoms with van der Waals surface area (Å²) in [6.07, 6.45) is 4.30. The molecule has 0 aromatic carbocycles. The van der Waals surface area contributed by atoms with Gasteiger partial charge in [0.2, 0.25) is 0 Å². The molecule has 0 radical (unpaired) electrons. The zero-order valence-electron chi connectivity index (χ0n) is 23.0. The Balaban J connectivity index is 1.58. The van der Waals surface area contributed by atoms with Crippen molar-refractivity contribution in [2.24, 2.45) is 39.4 Å². The molecular weight excluding hydrogens is 472 g/mol. The molecule has 0 bridgehead atoms. The Bertz CT molecular complexity index is 1180. The molecule has 1 saturated heterocycles. The summed E-state index contributed by atoms with van der Waals surface area (Å²) in [7, 11) is 0. The predicted molar refractivity (Wildman–Crippen MR) is 135 cm³/mol. The number of carboxylic acids is 1. The minimum Gasteiger partial charge on any atom is -0.481 e. The van der Waals surface area contributed by atoms with Gasteiger partial charge in [0.05, 0.1) is 18.1 Å². The van der Waals surface area contributed by atoms with Crippen molar-refractivity contribution in [3.63, 3.8) is 0 Å². The van der Waals surface area contributed by atoms with Crippen molar-refractivity contribution in [2.45, 2.75) is 98.4 Å². The molecule has 3 saturated carbocycles. The van der Waals surface area contributed by atoms with E-state index in [0.29, 0.717) is 31.3 Å². The number of carbonyl (C=O) groups excluding carboxylic acids is 3. The lowest BCUT2D eigenvalue weighted by molar-refractivity contribution is -0.148. The van der Waals surface area contributed by atoms with Gasteiger partial charge in [0, 0.05) is 29.1 Å². The molecule has 5 rings (SSSR count). The van der Waals surface area contributed by atoms with Crippen LogP contribution in [0.2, 0.25) is 0 Å². The molecule has 2 N–H and O–H groups in total. The lowest BCUT2D eigenvalue weighted by atomic mass is 9.40. The van der Waals surface area contributed by atoms with Crippen LogP contribution in [0.5, 0.6) is 0 Å². The number of epoxide rings is 1. The standard InChI is InChI=1S/C30H40O7/c1-15(10-17(31)11-16(2)25(35)36)18-12-23(34)29(7)28(18,6)22(33)13-20-27(5)9-8-21(32)26(3,4)19(27)14-24-30(20,29)37-24/h10,13,16,18-19,23-24,34H,8-9,11-12,14H2,1-7H3,(H,35,36)/b15-10-/t16?,18-,19+,23+,24-,27+,28+,29-,30+/m1/s1. The molecule has 7 heteroatoms. The van der Waals surface area contributed by atoms with Gasteiger partial charge < -0.3 is 14.9 Å². The van der Waals surface area contributed by atoms with Crippen LogP contribution in [0, 0.1) is 39.4 Å². The molecule has 0 amide bonds. The third kappa shape index (κ3) is 3.01. The molecular formula is C30H40O7. The number of carboxylic acid groups (broad SMARTS) is 1. The van der Waals surface area contributed by atoms with Gasteiger partial charge in [0.15, 0.2) is 11.6 Å². The van der Waals surface area contributed by atoms with Crippen LogP contribution in [0.4, 0.5) is 0 Å². The van der Waals surface area contributed by atoms with Crippen LogP contribution >= 0.6 is 0 Å². The first-order valence-electron chi connectivity index (χ1n) is 13.6. The van der Waals surface area contributed by atoms with E-state index in [1.54, 1.807) is 13.0 Å². The third-order valence-corrected chi connectivity index (χ3v) is 11.7. The number of ether oxygens (including phenoxy) is 1. The molecule has 9 atom stereocenters. The van der Waals surface area contributed by atoms with E-state index < -0.39 is 39.8 Å². The largest absolute Gasteiger partial charge is 0.481 e. The number of fused-ring (bicyclic) bond motifs is 3. The van der Waals surface area contributed by atoms with E-state index in [0.717, 1.165) is 5.57 Å². The number of aliphatic hydroxyl groups excluding tert-OH is 1. The fourth-order valence-electron chi connectivity index (χ4n) is 9.21. The van der Waals surface area contributed by atoms with Crippen molar-refractivity contribution in [1.29, 1.82) is 0 Å². The van der Waals surface area contributed by atoms with Gasteiger partial charge in [-0.3, -0.25) is 19.2 Å². The molecule has 202 valence electrons. The van der Waals surface area contributed by atoms with Crippen LogP contribution in [0.3, 0.4) is 0 Å². The molecule has 0 aromatic heterocycles. The van der Waals surface area contributed by atoms with Gasteiger partial charge in [-0.25, -0.2) is 0 Å². The van der Waals surface area contributed by atoms with Crippen LogP contribution in [0.1, 0.15) is 80.6 Å². The molecule has 1 heterocycles. The van der Waals surface area contributed by atoms with Crippen molar-refractivity contribution in [3.8, 4) is 0 Å². The normalized spacial score (nSPS) is 46.7. The lowest BCUT2D eigenvalue weighted by Gasteiger charge is -2.60. The van der Waals surface area contributed by atoms with Crippen molar-refractivity contribution in [1.82, 2.24) is 0 Å². The summed E-state index contributed by atoms with van der Waals surface area (Å²) in [6.45, 7) is 13.4. The number of carbonyl (C=O) groups is 4. The molecule has 7 nitrogen and oxygen atoms in total. The zero-order chi connectivity index (χ0) is 27.5. The summed E-state index contributed by atoms with van der Waals surface area (Å²) in [5.74, 6) is -2.25. The highest BCUT2D eigenvalue weighted by Gasteiger charge is 2.85. The van der Waals surface area contributed by atoms with Gasteiger partial charge in [-0.1, -0.05) is 47.1 Å². The molecule has 4 fully saturated rings. The smallest absolute Gasteiger partial charge is 0.306 e. The van der Waals surface area contributed by atoms with E-state index in [-0.39, 0.29) is 47.1 Å². The highest BCUT2D eigenvalue weighted by molar-refractivity contribution is 6.00. The fourth-order valence-corrected chi connectivity index (χ4v) is 9.21. The summed E-state index contributed by atoms with van der Waals surface area (Å²) < 4.78 is 6.60. The Morgan fingerprint density at radius 2 is 1.81 bits per heavy atom. The van der Waals surface area contributed by atoms with E-state index in [4.69, 9.17) is 4.74 Å². The Kier molecular flexibility index (Phi) is 5.53.